The summed E-state index contributed by atoms with van der Waals surface area (Å²) in [6.07, 6.45) is -3.25. The Morgan fingerprint density at radius 2 is 2.29 bits per heavy atom. The van der Waals surface area contributed by atoms with Crippen LogP contribution < -0.4 is 10.4 Å². The minimum atomic E-state index is -4.37. The summed E-state index contributed by atoms with van der Waals surface area (Å²) < 4.78 is 43.1. The molecule has 1 aliphatic heterocycles. The van der Waals surface area contributed by atoms with Crippen LogP contribution in [-0.2, 0) is 4.74 Å². The number of hydrogen-bond acceptors (Lipinski definition) is 3. The van der Waals surface area contributed by atoms with Crippen LogP contribution in [-0.4, -0.2) is 36.8 Å². The van der Waals surface area contributed by atoms with Crippen LogP contribution in [0.2, 0.25) is 0 Å². The number of hydrogen-bond donors (Lipinski definition) is 1. The van der Waals surface area contributed by atoms with Crippen LogP contribution in [0.1, 0.15) is 6.92 Å². The summed E-state index contributed by atoms with van der Waals surface area (Å²) in [5.41, 5.74) is 5.41. The monoisotopic (exact) mass is 208 g/mol. The van der Waals surface area contributed by atoms with Gasteiger partial charge in [-0.3, -0.25) is 0 Å². The maximum Gasteiger partial charge on any atom is 0.427 e. The van der Waals surface area contributed by atoms with Crippen molar-refractivity contribution in [2.75, 3.05) is 6.61 Å². The summed E-state index contributed by atoms with van der Waals surface area (Å²) in [6.45, 7) is 0.257. The highest BCUT2D eigenvalue weighted by atomic mass is 19.4. The molecule has 78 valence electrons. The summed E-state index contributed by atoms with van der Waals surface area (Å²) in [5.74, 6) is 0.108. The van der Waals surface area contributed by atoms with Crippen LogP contribution in [0.5, 0.6) is 0 Å². The van der Waals surface area contributed by atoms with Crippen molar-refractivity contribution in [2.24, 2.45) is 10.7 Å². The van der Waals surface area contributed by atoms with Gasteiger partial charge in [-0.05, 0) is 11.9 Å². The van der Waals surface area contributed by atoms with Gasteiger partial charge in [0, 0.05) is 0 Å². The van der Waals surface area contributed by atoms with Crippen LogP contribution in [0.4, 0.5) is 13.2 Å². The van der Waals surface area contributed by atoms with E-state index in [2.05, 4.69) is 14.4 Å². The number of nitrogens with two attached hydrogens (primary N) is 1. The lowest BCUT2D eigenvalue weighted by Gasteiger charge is -2.02. The molecule has 0 aliphatic carbocycles. The van der Waals surface area contributed by atoms with Gasteiger partial charge in [0.1, 0.15) is 6.04 Å². The molecule has 0 spiro atoms. The van der Waals surface area contributed by atoms with Gasteiger partial charge in [0.15, 0.2) is 6.61 Å². The molecule has 0 radical (unpaired) electrons. The van der Waals surface area contributed by atoms with E-state index in [0.717, 1.165) is 6.21 Å². The Morgan fingerprint density at radius 3 is 2.71 bits per heavy atom. The average Bonchev–Trinajstić information content (AvgIpc) is 2.47. The standard InChI is InChI=1S/C7H9F3N3O/c1-4(11)6-12-2-5(13-6)14-3-7(8,9)10/h2,4H,3,11H2,1H3/q+1. The predicted molar refractivity (Wildman–Crippen MR) is 46.3 cm³/mol. The summed E-state index contributed by atoms with van der Waals surface area (Å²) in [4.78, 5) is 3.69. The second-order valence-corrected chi connectivity index (χ2v) is 2.76. The molecule has 1 atom stereocenters. The van der Waals surface area contributed by atoms with E-state index in [-0.39, 0.29) is 11.7 Å². The Kier molecular flexibility index (Phi) is 2.93. The van der Waals surface area contributed by atoms with Crippen LogP contribution >= 0.6 is 0 Å². The average molecular weight is 208 g/mol. The van der Waals surface area contributed by atoms with Crippen molar-refractivity contribution in [2.45, 2.75) is 19.1 Å². The number of rotatable bonds is 2. The largest absolute Gasteiger partial charge is 0.438 e. The molecule has 7 heteroatoms. The SMILES string of the molecule is CC(N)C1=[N+]=C(OCC(F)(F)F)C=N1. The molecular weight excluding hydrogens is 199 g/mol. The van der Waals surface area contributed by atoms with Gasteiger partial charge >= 0.3 is 17.9 Å². The Labute approximate surface area is 78.0 Å². The van der Waals surface area contributed by atoms with Crippen LogP contribution in [0.15, 0.2) is 4.99 Å². The Bertz CT molecular complexity index is 313. The van der Waals surface area contributed by atoms with E-state index >= 15 is 0 Å². The highest BCUT2D eigenvalue weighted by Gasteiger charge is 2.31. The molecule has 2 N–H and O–H groups in total. The molecule has 0 aromatic rings. The lowest BCUT2D eigenvalue weighted by Crippen LogP contribution is -2.26. The van der Waals surface area contributed by atoms with E-state index in [4.69, 9.17) is 5.73 Å². The molecule has 0 bridgehead atoms. The fraction of sp³-hybridized carbons (Fsp3) is 0.571. The van der Waals surface area contributed by atoms with Gasteiger partial charge < -0.3 is 10.5 Å². The van der Waals surface area contributed by atoms with Crippen molar-refractivity contribution in [3.8, 4) is 0 Å². The first-order chi connectivity index (χ1) is 6.38. The van der Waals surface area contributed by atoms with E-state index in [0.29, 0.717) is 0 Å². The maximum atomic E-state index is 11.7. The van der Waals surface area contributed by atoms with Gasteiger partial charge in [-0.25, -0.2) is 0 Å². The van der Waals surface area contributed by atoms with Crippen molar-refractivity contribution < 1.29 is 17.9 Å². The summed E-state index contributed by atoms with van der Waals surface area (Å²) in [6, 6.07) is -0.418. The first kappa shape index (κ1) is 10.7. The minimum Gasteiger partial charge on any atom is -0.438 e. The summed E-state index contributed by atoms with van der Waals surface area (Å²) >= 11 is 0. The number of nitrogens with zero attached hydrogens (tertiary/aromatic N) is 2. The maximum absolute atomic E-state index is 11.7. The Balaban J connectivity index is 2.57. The first-order valence-corrected chi connectivity index (χ1v) is 3.83. The van der Waals surface area contributed by atoms with Crippen molar-refractivity contribution in [3.05, 3.63) is 0 Å². The topological polar surface area (TPSA) is 61.7 Å². The van der Waals surface area contributed by atoms with Gasteiger partial charge in [-0.15, -0.1) is 0 Å². The number of alkyl halides is 3. The third-order valence-electron chi connectivity index (χ3n) is 1.32. The molecule has 0 saturated heterocycles. The Morgan fingerprint density at radius 1 is 1.64 bits per heavy atom. The van der Waals surface area contributed by atoms with E-state index in [1.54, 1.807) is 6.92 Å². The molecule has 0 saturated carbocycles. The van der Waals surface area contributed by atoms with Crippen LogP contribution in [0.3, 0.4) is 0 Å². The number of halogens is 3. The quantitative estimate of drug-likeness (QED) is 0.642. The molecule has 1 aliphatic rings. The molecule has 1 rings (SSSR count). The van der Waals surface area contributed by atoms with Crippen molar-refractivity contribution in [1.82, 2.24) is 4.67 Å². The van der Waals surface area contributed by atoms with Crippen molar-refractivity contribution in [3.63, 3.8) is 0 Å². The molecule has 14 heavy (non-hydrogen) atoms. The van der Waals surface area contributed by atoms with Crippen LogP contribution in [0.25, 0.3) is 0 Å². The second-order valence-electron chi connectivity index (χ2n) is 2.76. The number of aliphatic imine (C=N–C) groups is 1. The normalized spacial score (nSPS) is 17.8. The highest BCUT2D eigenvalue weighted by molar-refractivity contribution is 6.31. The van der Waals surface area contributed by atoms with Crippen molar-refractivity contribution in [1.29, 1.82) is 0 Å². The lowest BCUT2D eigenvalue weighted by molar-refractivity contribution is -0.155. The Hall–Kier alpha value is -1.33. The van der Waals surface area contributed by atoms with Gasteiger partial charge in [-0.1, -0.05) is 0 Å². The zero-order valence-electron chi connectivity index (χ0n) is 7.38. The molecule has 0 fully saturated rings. The van der Waals surface area contributed by atoms with Gasteiger partial charge in [0.25, 0.3) is 0 Å². The van der Waals surface area contributed by atoms with Crippen LogP contribution in [0, 0.1) is 0 Å². The van der Waals surface area contributed by atoms with Gasteiger partial charge in [0.2, 0.25) is 6.21 Å². The predicted octanol–water partition coefficient (Wildman–Crippen LogP) is -0.139. The summed E-state index contributed by atoms with van der Waals surface area (Å²) in [7, 11) is 0. The molecule has 0 aromatic heterocycles. The third kappa shape index (κ3) is 3.20. The van der Waals surface area contributed by atoms with Gasteiger partial charge in [-0.2, -0.15) is 17.8 Å². The number of ether oxygens (including phenoxy) is 1. The van der Waals surface area contributed by atoms with E-state index < -0.39 is 18.8 Å². The number of amidine groups is 1. The molecular formula is C7H9F3N3O+. The zero-order valence-corrected chi connectivity index (χ0v) is 7.38. The second kappa shape index (κ2) is 3.81. The highest BCUT2D eigenvalue weighted by Crippen LogP contribution is 2.14. The third-order valence-corrected chi connectivity index (χ3v) is 1.32. The lowest BCUT2D eigenvalue weighted by atomic mass is 10.3. The molecule has 1 heterocycles. The van der Waals surface area contributed by atoms with E-state index in [1.165, 1.54) is 0 Å². The fourth-order valence-electron chi connectivity index (χ4n) is 0.737. The van der Waals surface area contributed by atoms with E-state index in [1.807, 2.05) is 0 Å². The fourth-order valence-corrected chi connectivity index (χ4v) is 0.737. The zero-order chi connectivity index (χ0) is 10.8. The first-order valence-electron chi connectivity index (χ1n) is 3.83. The summed E-state index contributed by atoms with van der Waals surface area (Å²) in [5, 5.41) is 0. The molecule has 4 nitrogen and oxygen atoms in total. The van der Waals surface area contributed by atoms with Gasteiger partial charge in [0.05, 0.1) is 0 Å². The van der Waals surface area contributed by atoms with E-state index in [9.17, 15) is 13.2 Å². The smallest absolute Gasteiger partial charge is 0.427 e. The molecule has 0 aromatic carbocycles. The minimum absolute atomic E-state index is 0.158. The van der Waals surface area contributed by atoms with Crippen molar-refractivity contribution >= 4 is 17.9 Å². The molecule has 0 amide bonds. The molecule has 1 unspecified atom stereocenters.